The highest BCUT2D eigenvalue weighted by atomic mass is 35.5. The first-order valence-electron chi connectivity index (χ1n) is 9.12. The molecule has 3 aromatic rings. The highest BCUT2D eigenvalue weighted by molar-refractivity contribution is 6.31. The Bertz CT molecular complexity index is 1050. The molecule has 3 rings (SSSR count). The molecule has 0 N–H and O–H groups in total. The normalized spacial score (nSPS) is 11.5. The Kier molecular flexibility index (Phi) is 7.03. The number of oxime groups is 1. The second kappa shape index (κ2) is 9.89. The Balaban J connectivity index is 1.53. The number of aromatic nitrogens is 2. The molecule has 0 saturated carbocycles. The van der Waals surface area contributed by atoms with E-state index in [0.29, 0.717) is 33.4 Å². The summed E-state index contributed by atoms with van der Waals surface area (Å²) < 4.78 is 5.70. The van der Waals surface area contributed by atoms with Gasteiger partial charge in [0.25, 0.3) is 0 Å². The van der Waals surface area contributed by atoms with Gasteiger partial charge >= 0.3 is 5.97 Å². The Morgan fingerprint density at radius 1 is 1.10 bits per heavy atom. The highest BCUT2D eigenvalue weighted by Crippen LogP contribution is 2.24. The molecule has 0 aliphatic carbocycles. The van der Waals surface area contributed by atoms with E-state index in [2.05, 4.69) is 15.1 Å². The molecule has 9 heteroatoms. The largest absolute Gasteiger partial charge is 0.437 e. The lowest BCUT2D eigenvalue weighted by molar-refractivity contribution is -0.219. The molecule has 1 heterocycles. The van der Waals surface area contributed by atoms with Gasteiger partial charge in [0, 0.05) is 5.02 Å². The minimum atomic E-state index is -0.564. The van der Waals surface area contributed by atoms with Crippen LogP contribution >= 0.6 is 11.6 Å². The number of benzene rings is 2. The average molecular weight is 430 g/mol. The number of ether oxygens (including phenoxy) is 1. The number of carbonyl (C=O) groups is 1. The molecule has 8 nitrogen and oxygen atoms in total. The Labute approximate surface area is 178 Å². The van der Waals surface area contributed by atoms with E-state index >= 15 is 0 Å². The van der Waals surface area contributed by atoms with Crippen LogP contribution in [0.25, 0.3) is 11.0 Å². The van der Waals surface area contributed by atoms with Gasteiger partial charge in [-0.1, -0.05) is 16.8 Å². The van der Waals surface area contributed by atoms with E-state index in [4.69, 9.17) is 31.0 Å². The lowest BCUT2D eigenvalue weighted by Crippen LogP contribution is -2.20. The van der Waals surface area contributed by atoms with Crippen LogP contribution in [0.3, 0.4) is 0 Å². The summed E-state index contributed by atoms with van der Waals surface area (Å²) >= 11 is 5.95. The predicted molar refractivity (Wildman–Crippen MR) is 112 cm³/mol. The van der Waals surface area contributed by atoms with Crippen molar-refractivity contribution < 1.29 is 24.1 Å². The van der Waals surface area contributed by atoms with E-state index in [0.717, 1.165) is 5.71 Å². The number of carbonyl (C=O) groups excluding carboxylic acids is 1. The lowest BCUT2D eigenvalue weighted by atomic mass is 10.2. The van der Waals surface area contributed by atoms with E-state index in [9.17, 15) is 4.79 Å². The smallest absolute Gasteiger partial charge is 0.361 e. The van der Waals surface area contributed by atoms with Gasteiger partial charge in [0.1, 0.15) is 12.4 Å². The van der Waals surface area contributed by atoms with E-state index in [-0.39, 0.29) is 6.61 Å². The molecular weight excluding hydrogens is 410 g/mol. The van der Waals surface area contributed by atoms with Crippen molar-refractivity contribution in [1.82, 2.24) is 9.97 Å². The minimum Gasteiger partial charge on any atom is -0.437 e. The minimum absolute atomic E-state index is 0.0964. The number of halogens is 1. The molecule has 2 aromatic carbocycles. The van der Waals surface area contributed by atoms with Crippen LogP contribution in [0.1, 0.15) is 20.8 Å². The van der Waals surface area contributed by atoms with Crippen molar-refractivity contribution in [2.75, 3.05) is 6.61 Å². The van der Waals surface area contributed by atoms with Crippen LogP contribution in [0.15, 0.2) is 53.8 Å². The fourth-order valence-corrected chi connectivity index (χ4v) is 2.38. The summed E-state index contributed by atoms with van der Waals surface area (Å²) in [6.07, 6.45) is 1.51. The van der Waals surface area contributed by atoms with Gasteiger partial charge in [-0.05, 0) is 63.2 Å². The van der Waals surface area contributed by atoms with E-state index < -0.39 is 11.9 Å². The van der Waals surface area contributed by atoms with Gasteiger partial charge in [-0.2, -0.15) is 0 Å². The average Bonchev–Trinajstić information content (AvgIpc) is 2.72. The first-order chi connectivity index (χ1) is 14.4. The zero-order valence-corrected chi connectivity index (χ0v) is 17.4. The maximum Gasteiger partial charge on any atom is 0.361 e. The van der Waals surface area contributed by atoms with Gasteiger partial charge in [-0.15, -0.1) is 0 Å². The molecule has 1 unspecified atom stereocenters. The van der Waals surface area contributed by atoms with Crippen LogP contribution in [0.5, 0.6) is 17.4 Å². The summed E-state index contributed by atoms with van der Waals surface area (Å²) in [6.45, 7) is 5.34. The summed E-state index contributed by atoms with van der Waals surface area (Å²) in [4.78, 5) is 35.5. The standard InChI is InChI=1S/C21H20ClN3O5/c1-13(2)25-27-12-14(3)21(26)30-29-17-7-5-16(6-8-17)28-20-11-23-19-10-15(22)4-9-18(19)24-20/h4-11,14H,12H2,1-3H3. The summed E-state index contributed by atoms with van der Waals surface area (Å²) in [6, 6.07) is 11.7. The summed E-state index contributed by atoms with van der Waals surface area (Å²) in [5.41, 5.74) is 2.10. The summed E-state index contributed by atoms with van der Waals surface area (Å²) in [7, 11) is 0. The number of nitrogens with zero attached hydrogens (tertiary/aromatic N) is 3. The monoisotopic (exact) mass is 429 g/mol. The van der Waals surface area contributed by atoms with Crippen molar-refractivity contribution in [1.29, 1.82) is 0 Å². The molecule has 0 aliphatic rings. The van der Waals surface area contributed by atoms with Crippen LogP contribution < -0.4 is 9.62 Å². The second-order valence-electron chi connectivity index (χ2n) is 6.64. The second-order valence-corrected chi connectivity index (χ2v) is 7.07. The van der Waals surface area contributed by atoms with Gasteiger partial charge in [0.05, 0.1) is 28.9 Å². The Morgan fingerprint density at radius 3 is 2.57 bits per heavy atom. The SMILES string of the molecule is CC(C)=NOCC(C)C(=O)OOc1ccc(Oc2cnc3cc(Cl)ccc3n2)cc1. The van der Waals surface area contributed by atoms with Gasteiger partial charge < -0.3 is 9.57 Å². The quantitative estimate of drug-likeness (QED) is 0.284. The summed E-state index contributed by atoms with van der Waals surface area (Å²) in [5.74, 6) is 0.0999. The molecule has 0 fully saturated rings. The molecule has 1 atom stereocenters. The topological polar surface area (TPSA) is 92.1 Å². The first-order valence-corrected chi connectivity index (χ1v) is 9.50. The van der Waals surface area contributed by atoms with Crippen LogP contribution in [0.2, 0.25) is 5.02 Å². The van der Waals surface area contributed by atoms with Gasteiger partial charge in [-0.3, -0.25) is 4.89 Å². The van der Waals surface area contributed by atoms with Gasteiger partial charge in [0.15, 0.2) is 5.75 Å². The number of hydrogen-bond donors (Lipinski definition) is 0. The molecule has 0 radical (unpaired) electrons. The van der Waals surface area contributed by atoms with Gasteiger partial charge in [0.2, 0.25) is 5.88 Å². The van der Waals surface area contributed by atoms with E-state index in [1.54, 1.807) is 63.2 Å². The predicted octanol–water partition coefficient (Wildman–Crippen LogP) is 4.96. The van der Waals surface area contributed by atoms with Gasteiger partial charge in [-0.25, -0.2) is 19.7 Å². The number of hydrogen-bond acceptors (Lipinski definition) is 8. The van der Waals surface area contributed by atoms with Crippen LogP contribution in [0.4, 0.5) is 0 Å². The molecule has 156 valence electrons. The number of fused-ring (bicyclic) bond motifs is 1. The third kappa shape index (κ3) is 6.05. The van der Waals surface area contributed by atoms with Crippen LogP contribution in [-0.4, -0.2) is 28.3 Å². The third-order valence-electron chi connectivity index (χ3n) is 3.72. The molecule has 0 bridgehead atoms. The molecule has 0 spiro atoms. The van der Waals surface area contributed by atoms with Crippen molar-refractivity contribution in [2.24, 2.45) is 11.1 Å². The molecule has 1 aromatic heterocycles. The molecule has 0 saturated heterocycles. The van der Waals surface area contributed by atoms with E-state index in [1.165, 1.54) is 6.20 Å². The van der Waals surface area contributed by atoms with Crippen molar-refractivity contribution in [2.45, 2.75) is 20.8 Å². The van der Waals surface area contributed by atoms with Crippen LogP contribution in [0, 0.1) is 5.92 Å². The van der Waals surface area contributed by atoms with Crippen molar-refractivity contribution in [3.8, 4) is 17.4 Å². The van der Waals surface area contributed by atoms with E-state index in [1.807, 2.05) is 0 Å². The highest BCUT2D eigenvalue weighted by Gasteiger charge is 2.17. The Morgan fingerprint density at radius 2 is 1.83 bits per heavy atom. The fourth-order valence-electron chi connectivity index (χ4n) is 2.22. The maximum absolute atomic E-state index is 11.9. The molecule has 30 heavy (non-hydrogen) atoms. The lowest BCUT2D eigenvalue weighted by Gasteiger charge is -2.10. The fraction of sp³-hybridized carbons (Fsp3) is 0.238. The van der Waals surface area contributed by atoms with Crippen molar-refractivity contribution in [3.05, 3.63) is 53.7 Å². The zero-order chi connectivity index (χ0) is 21.5. The summed E-state index contributed by atoms with van der Waals surface area (Å²) in [5, 5.41) is 4.36. The first kappa shape index (κ1) is 21.3. The molecule has 0 amide bonds. The zero-order valence-electron chi connectivity index (χ0n) is 16.7. The Hall–Kier alpha value is -3.39. The molecular formula is C21H20ClN3O5. The number of rotatable bonds is 8. The molecule has 0 aliphatic heterocycles. The van der Waals surface area contributed by atoms with Crippen molar-refractivity contribution >= 4 is 34.3 Å². The maximum atomic E-state index is 11.9. The van der Waals surface area contributed by atoms with Crippen LogP contribution in [-0.2, 0) is 14.5 Å². The third-order valence-corrected chi connectivity index (χ3v) is 3.96. The van der Waals surface area contributed by atoms with Crippen molar-refractivity contribution in [3.63, 3.8) is 0 Å².